The van der Waals surface area contributed by atoms with E-state index in [9.17, 15) is 9.59 Å². The molecule has 16 heavy (non-hydrogen) atoms. The maximum atomic E-state index is 11.2. The van der Waals surface area contributed by atoms with Gasteiger partial charge in [-0.2, -0.15) is 0 Å². The fourth-order valence-electron chi connectivity index (χ4n) is 1.76. The van der Waals surface area contributed by atoms with Crippen LogP contribution in [0.5, 0.6) is 0 Å². The second-order valence-corrected chi connectivity index (χ2v) is 3.61. The molecule has 1 atom stereocenters. The number of terminal acetylenes is 1. The largest absolute Gasteiger partial charge is 0.480 e. The van der Waals surface area contributed by atoms with Crippen molar-refractivity contribution in [1.82, 2.24) is 4.57 Å². The highest BCUT2D eigenvalue weighted by Gasteiger charge is 2.20. The molecular formula is C12H13NO3. The van der Waals surface area contributed by atoms with Crippen molar-refractivity contribution in [3.63, 3.8) is 0 Å². The molecular weight excluding hydrogens is 206 g/mol. The molecule has 1 heterocycles. The van der Waals surface area contributed by atoms with Gasteiger partial charge in [-0.25, -0.2) is 4.79 Å². The maximum absolute atomic E-state index is 11.2. The third-order valence-corrected chi connectivity index (χ3v) is 2.37. The second kappa shape index (κ2) is 4.67. The fourth-order valence-corrected chi connectivity index (χ4v) is 1.76. The normalized spacial score (nSPS) is 11.8. The summed E-state index contributed by atoms with van der Waals surface area (Å²) in [6.45, 7) is 3.39. The van der Waals surface area contributed by atoms with E-state index in [4.69, 9.17) is 11.5 Å². The van der Waals surface area contributed by atoms with Crippen molar-refractivity contribution in [2.75, 3.05) is 0 Å². The van der Waals surface area contributed by atoms with Crippen molar-refractivity contribution in [2.45, 2.75) is 26.3 Å². The van der Waals surface area contributed by atoms with E-state index in [0.717, 1.165) is 0 Å². The van der Waals surface area contributed by atoms with E-state index in [-0.39, 0.29) is 11.8 Å². The lowest BCUT2D eigenvalue weighted by Crippen LogP contribution is -2.24. The summed E-state index contributed by atoms with van der Waals surface area (Å²) in [5.74, 6) is 1.34. The Morgan fingerprint density at radius 1 is 1.50 bits per heavy atom. The van der Waals surface area contributed by atoms with Crippen molar-refractivity contribution in [3.05, 3.63) is 33.7 Å². The zero-order valence-corrected chi connectivity index (χ0v) is 9.23. The summed E-state index contributed by atoms with van der Waals surface area (Å²) in [4.78, 5) is 22.3. The molecule has 0 saturated carbocycles. The Balaban J connectivity index is 3.36. The topological polar surface area (TPSA) is 59.3 Å². The van der Waals surface area contributed by atoms with Gasteiger partial charge in [0.05, 0.1) is 0 Å². The zero-order chi connectivity index (χ0) is 12.3. The minimum absolute atomic E-state index is 0.0971. The van der Waals surface area contributed by atoms with E-state index in [0.29, 0.717) is 11.4 Å². The Labute approximate surface area is 93.5 Å². The fraction of sp³-hybridized carbons (Fsp3) is 0.333. The van der Waals surface area contributed by atoms with E-state index < -0.39 is 12.0 Å². The zero-order valence-electron chi connectivity index (χ0n) is 9.23. The van der Waals surface area contributed by atoms with Crippen LogP contribution in [0, 0.1) is 26.2 Å². The third kappa shape index (κ3) is 2.31. The number of nitrogens with zero attached hydrogens (tertiary/aromatic N) is 1. The minimum Gasteiger partial charge on any atom is -0.480 e. The van der Waals surface area contributed by atoms with Crippen LogP contribution in [0.15, 0.2) is 16.9 Å². The van der Waals surface area contributed by atoms with Crippen molar-refractivity contribution < 1.29 is 9.90 Å². The van der Waals surface area contributed by atoms with E-state index in [1.807, 2.05) is 0 Å². The first kappa shape index (κ1) is 12.1. The van der Waals surface area contributed by atoms with Crippen LogP contribution in [-0.4, -0.2) is 15.6 Å². The monoisotopic (exact) mass is 219 g/mol. The van der Waals surface area contributed by atoms with Gasteiger partial charge in [0.25, 0.3) is 0 Å². The SMILES string of the molecule is C#CCC(C(=O)O)n1c(C)cc(=O)cc1C. The van der Waals surface area contributed by atoms with Gasteiger partial charge in [-0.05, 0) is 13.8 Å². The first-order chi connectivity index (χ1) is 7.47. The van der Waals surface area contributed by atoms with Gasteiger partial charge in [-0.1, -0.05) is 0 Å². The molecule has 1 unspecified atom stereocenters. The predicted molar refractivity (Wildman–Crippen MR) is 60.3 cm³/mol. The third-order valence-electron chi connectivity index (χ3n) is 2.37. The van der Waals surface area contributed by atoms with Crippen LogP contribution in [0.2, 0.25) is 0 Å². The van der Waals surface area contributed by atoms with Gasteiger partial charge in [0.15, 0.2) is 5.43 Å². The van der Waals surface area contributed by atoms with Gasteiger partial charge in [0.1, 0.15) is 6.04 Å². The first-order valence-electron chi connectivity index (χ1n) is 4.83. The smallest absolute Gasteiger partial charge is 0.327 e. The Bertz CT molecular complexity index is 482. The number of aliphatic carboxylic acids is 1. The number of carboxylic acids is 1. The summed E-state index contributed by atoms with van der Waals surface area (Å²) in [5, 5.41) is 9.08. The summed E-state index contributed by atoms with van der Waals surface area (Å²) in [7, 11) is 0. The minimum atomic E-state index is -0.993. The molecule has 4 heteroatoms. The lowest BCUT2D eigenvalue weighted by Gasteiger charge is -2.19. The molecule has 0 fully saturated rings. The summed E-state index contributed by atoms with van der Waals surface area (Å²) >= 11 is 0. The Hall–Kier alpha value is -2.02. The second-order valence-electron chi connectivity index (χ2n) is 3.61. The van der Waals surface area contributed by atoms with Gasteiger partial charge in [0, 0.05) is 29.9 Å². The molecule has 0 spiro atoms. The molecule has 0 bridgehead atoms. The summed E-state index contributed by atoms with van der Waals surface area (Å²) in [6.07, 6.45) is 5.24. The molecule has 0 aromatic carbocycles. The number of pyridine rings is 1. The first-order valence-corrected chi connectivity index (χ1v) is 4.83. The molecule has 84 valence electrons. The van der Waals surface area contributed by atoms with Crippen LogP contribution in [0.1, 0.15) is 23.9 Å². The molecule has 0 aliphatic heterocycles. The molecule has 0 radical (unpaired) electrons. The van der Waals surface area contributed by atoms with Crippen LogP contribution in [-0.2, 0) is 4.79 Å². The van der Waals surface area contributed by atoms with Crippen LogP contribution in [0.25, 0.3) is 0 Å². The molecule has 0 aliphatic carbocycles. The van der Waals surface area contributed by atoms with Gasteiger partial charge in [0.2, 0.25) is 0 Å². The van der Waals surface area contributed by atoms with Crippen LogP contribution in [0.4, 0.5) is 0 Å². The lowest BCUT2D eigenvalue weighted by molar-refractivity contribution is -0.140. The predicted octanol–water partition coefficient (Wildman–Crippen LogP) is 1.11. The molecule has 1 aromatic heterocycles. The quantitative estimate of drug-likeness (QED) is 0.775. The van der Waals surface area contributed by atoms with Gasteiger partial charge >= 0.3 is 5.97 Å². The lowest BCUT2D eigenvalue weighted by atomic mass is 10.1. The number of hydrogen-bond donors (Lipinski definition) is 1. The van der Waals surface area contributed by atoms with Crippen LogP contribution in [0.3, 0.4) is 0 Å². The summed E-state index contributed by atoms with van der Waals surface area (Å²) in [6, 6.07) is 1.99. The highest BCUT2D eigenvalue weighted by Crippen LogP contribution is 2.16. The Kier molecular flexibility index (Phi) is 3.51. The van der Waals surface area contributed by atoms with Crippen LogP contribution >= 0.6 is 0 Å². The highest BCUT2D eigenvalue weighted by atomic mass is 16.4. The van der Waals surface area contributed by atoms with E-state index in [2.05, 4.69) is 5.92 Å². The molecule has 4 nitrogen and oxygen atoms in total. The van der Waals surface area contributed by atoms with Crippen molar-refractivity contribution in [2.24, 2.45) is 0 Å². The standard InChI is InChI=1S/C12H13NO3/c1-4-5-11(12(15)16)13-8(2)6-10(14)7-9(13)3/h1,6-7,11H,5H2,2-3H3,(H,15,16). The van der Waals surface area contributed by atoms with Crippen molar-refractivity contribution in [3.8, 4) is 12.3 Å². The molecule has 0 saturated heterocycles. The van der Waals surface area contributed by atoms with Crippen LogP contribution < -0.4 is 5.43 Å². The molecule has 1 rings (SSSR count). The number of hydrogen-bond acceptors (Lipinski definition) is 2. The number of carbonyl (C=O) groups is 1. The number of aromatic nitrogens is 1. The molecule has 0 aliphatic rings. The van der Waals surface area contributed by atoms with E-state index >= 15 is 0 Å². The Morgan fingerprint density at radius 2 is 2.00 bits per heavy atom. The van der Waals surface area contributed by atoms with Crippen molar-refractivity contribution in [1.29, 1.82) is 0 Å². The van der Waals surface area contributed by atoms with E-state index in [1.165, 1.54) is 12.1 Å². The molecule has 1 aromatic rings. The maximum Gasteiger partial charge on any atom is 0.327 e. The molecule has 1 N–H and O–H groups in total. The van der Waals surface area contributed by atoms with E-state index in [1.54, 1.807) is 18.4 Å². The summed E-state index contributed by atoms with van der Waals surface area (Å²) < 4.78 is 1.57. The number of carboxylic acid groups (broad SMARTS) is 1. The summed E-state index contributed by atoms with van der Waals surface area (Å²) in [5.41, 5.74) is 1.08. The number of aryl methyl sites for hydroxylation is 2. The van der Waals surface area contributed by atoms with Crippen molar-refractivity contribution >= 4 is 5.97 Å². The Morgan fingerprint density at radius 3 is 2.38 bits per heavy atom. The number of rotatable bonds is 3. The van der Waals surface area contributed by atoms with Gasteiger partial charge < -0.3 is 9.67 Å². The van der Waals surface area contributed by atoms with Gasteiger partial charge in [-0.3, -0.25) is 4.79 Å². The average Bonchev–Trinajstić information content (AvgIpc) is 2.14. The highest BCUT2D eigenvalue weighted by molar-refractivity contribution is 5.72. The molecule has 0 amide bonds. The van der Waals surface area contributed by atoms with Gasteiger partial charge in [-0.15, -0.1) is 12.3 Å². The average molecular weight is 219 g/mol.